The Kier molecular flexibility index (Phi) is 5.30. The molecular weight excluding hydrogens is 284 g/mol. The third kappa shape index (κ3) is 3.33. The summed E-state index contributed by atoms with van der Waals surface area (Å²) < 4.78 is 11.7. The molecule has 0 radical (unpaired) electrons. The van der Waals surface area contributed by atoms with Crippen LogP contribution in [0.4, 0.5) is 0 Å². The van der Waals surface area contributed by atoms with Gasteiger partial charge in [-0.2, -0.15) is 5.10 Å². The van der Waals surface area contributed by atoms with Gasteiger partial charge < -0.3 is 9.47 Å². The summed E-state index contributed by atoms with van der Waals surface area (Å²) in [5, 5.41) is 4.15. The van der Waals surface area contributed by atoms with Crippen LogP contribution in [-0.2, 0) is 19.1 Å². The van der Waals surface area contributed by atoms with Crippen molar-refractivity contribution in [2.24, 2.45) is 0 Å². The number of hydrogen-bond acceptors (Lipinski definition) is 5. The second-order valence-corrected chi connectivity index (χ2v) is 4.45. The van der Waals surface area contributed by atoms with E-state index < -0.39 is 17.9 Å². The fourth-order valence-electron chi connectivity index (χ4n) is 2.15. The standard InChI is InChI=1S/C16H18N2O4/c1-3-21-15(19)14(16(20)22-4-2)12-8-5-6-9-13(12)18-11-7-10-17-18/h5-11,14H,3-4H2,1-2H3. The molecule has 1 aromatic heterocycles. The molecule has 1 aromatic carbocycles. The Morgan fingerprint density at radius 1 is 1.09 bits per heavy atom. The highest BCUT2D eigenvalue weighted by molar-refractivity contribution is 6.01. The van der Waals surface area contributed by atoms with Gasteiger partial charge in [0.25, 0.3) is 0 Å². The number of benzene rings is 1. The third-order valence-corrected chi connectivity index (χ3v) is 3.04. The molecule has 6 nitrogen and oxygen atoms in total. The topological polar surface area (TPSA) is 70.4 Å². The Bertz CT molecular complexity index is 619. The molecular formula is C16H18N2O4. The monoisotopic (exact) mass is 302 g/mol. The molecule has 1 heterocycles. The molecule has 0 aliphatic heterocycles. The van der Waals surface area contributed by atoms with E-state index in [-0.39, 0.29) is 13.2 Å². The van der Waals surface area contributed by atoms with Crippen molar-refractivity contribution < 1.29 is 19.1 Å². The van der Waals surface area contributed by atoms with Crippen molar-refractivity contribution in [2.75, 3.05) is 13.2 Å². The van der Waals surface area contributed by atoms with Gasteiger partial charge in [-0.25, -0.2) is 4.68 Å². The van der Waals surface area contributed by atoms with Crippen LogP contribution in [0.5, 0.6) is 0 Å². The number of esters is 2. The van der Waals surface area contributed by atoms with Crippen molar-refractivity contribution in [1.29, 1.82) is 0 Å². The van der Waals surface area contributed by atoms with Gasteiger partial charge in [0.15, 0.2) is 5.92 Å². The minimum absolute atomic E-state index is 0.193. The number of hydrogen-bond donors (Lipinski definition) is 0. The predicted octanol–water partition coefficient (Wildman–Crippen LogP) is 2.08. The highest BCUT2D eigenvalue weighted by atomic mass is 16.6. The van der Waals surface area contributed by atoms with Gasteiger partial charge in [0.05, 0.1) is 18.9 Å². The van der Waals surface area contributed by atoms with Crippen molar-refractivity contribution in [1.82, 2.24) is 9.78 Å². The summed E-state index contributed by atoms with van der Waals surface area (Å²) >= 11 is 0. The fraction of sp³-hybridized carbons (Fsp3) is 0.312. The molecule has 0 unspecified atom stereocenters. The smallest absolute Gasteiger partial charge is 0.324 e. The van der Waals surface area contributed by atoms with Gasteiger partial charge in [0.2, 0.25) is 0 Å². The fourth-order valence-corrected chi connectivity index (χ4v) is 2.15. The molecule has 0 bridgehead atoms. The molecule has 0 N–H and O–H groups in total. The number of rotatable bonds is 6. The van der Waals surface area contributed by atoms with Crippen LogP contribution < -0.4 is 0 Å². The minimum Gasteiger partial charge on any atom is -0.465 e. The van der Waals surface area contributed by atoms with Crippen LogP contribution in [0.15, 0.2) is 42.7 Å². The lowest BCUT2D eigenvalue weighted by Gasteiger charge is -2.17. The first-order chi connectivity index (χ1) is 10.7. The van der Waals surface area contributed by atoms with Crippen LogP contribution in [0, 0.1) is 0 Å². The number of nitrogens with zero attached hydrogens (tertiary/aromatic N) is 2. The summed E-state index contributed by atoms with van der Waals surface area (Å²) in [4.78, 5) is 24.5. The van der Waals surface area contributed by atoms with Crippen molar-refractivity contribution >= 4 is 11.9 Å². The first kappa shape index (κ1) is 15.8. The van der Waals surface area contributed by atoms with Gasteiger partial charge in [-0.05, 0) is 26.0 Å². The first-order valence-electron chi connectivity index (χ1n) is 7.11. The zero-order valence-electron chi connectivity index (χ0n) is 12.6. The van der Waals surface area contributed by atoms with E-state index in [0.29, 0.717) is 11.3 Å². The largest absolute Gasteiger partial charge is 0.465 e. The second-order valence-electron chi connectivity index (χ2n) is 4.45. The van der Waals surface area contributed by atoms with Gasteiger partial charge in [-0.3, -0.25) is 9.59 Å². The van der Waals surface area contributed by atoms with E-state index >= 15 is 0 Å². The van der Waals surface area contributed by atoms with Gasteiger partial charge in [-0.1, -0.05) is 18.2 Å². The number of carbonyl (C=O) groups excluding carboxylic acids is 2. The number of aromatic nitrogens is 2. The Labute approximate surface area is 128 Å². The summed E-state index contributed by atoms with van der Waals surface area (Å²) in [6.45, 7) is 3.77. The maximum Gasteiger partial charge on any atom is 0.324 e. The molecule has 0 atom stereocenters. The molecule has 0 saturated heterocycles. The van der Waals surface area contributed by atoms with Gasteiger partial charge in [0, 0.05) is 18.0 Å². The molecule has 0 aliphatic carbocycles. The van der Waals surface area contributed by atoms with E-state index in [1.807, 2.05) is 6.07 Å². The van der Waals surface area contributed by atoms with Crippen molar-refractivity contribution in [3.8, 4) is 5.69 Å². The average Bonchev–Trinajstić information content (AvgIpc) is 3.03. The highest BCUT2D eigenvalue weighted by Crippen LogP contribution is 2.25. The summed E-state index contributed by atoms with van der Waals surface area (Å²) in [5.74, 6) is -2.37. The van der Waals surface area contributed by atoms with Crippen LogP contribution in [0.3, 0.4) is 0 Å². The quantitative estimate of drug-likeness (QED) is 0.603. The van der Waals surface area contributed by atoms with Crippen LogP contribution in [-0.4, -0.2) is 34.9 Å². The Hall–Kier alpha value is -2.63. The number of carbonyl (C=O) groups is 2. The SMILES string of the molecule is CCOC(=O)C(C(=O)OCC)c1ccccc1-n1cccn1. The normalized spacial score (nSPS) is 10.5. The zero-order chi connectivity index (χ0) is 15.9. The average molecular weight is 302 g/mol. The molecule has 0 fully saturated rings. The predicted molar refractivity (Wildman–Crippen MR) is 79.6 cm³/mol. The second kappa shape index (κ2) is 7.40. The minimum atomic E-state index is -1.12. The first-order valence-corrected chi connectivity index (χ1v) is 7.11. The molecule has 0 aliphatic rings. The van der Waals surface area contributed by atoms with Crippen LogP contribution in [0.1, 0.15) is 25.3 Å². The molecule has 6 heteroatoms. The molecule has 0 saturated carbocycles. The summed E-state index contributed by atoms with van der Waals surface area (Å²) in [7, 11) is 0. The lowest BCUT2D eigenvalue weighted by Crippen LogP contribution is -2.27. The molecule has 2 rings (SSSR count). The van der Waals surface area contributed by atoms with E-state index in [2.05, 4.69) is 5.10 Å². The van der Waals surface area contributed by atoms with Gasteiger partial charge in [-0.15, -0.1) is 0 Å². The molecule has 0 spiro atoms. The van der Waals surface area contributed by atoms with Gasteiger partial charge in [0.1, 0.15) is 0 Å². The van der Waals surface area contributed by atoms with Crippen LogP contribution in [0.2, 0.25) is 0 Å². The molecule has 22 heavy (non-hydrogen) atoms. The zero-order valence-corrected chi connectivity index (χ0v) is 12.6. The lowest BCUT2D eigenvalue weighted by atomic mass is 9.97. The van der Waals surface area contributed by atoms with Crippen LogP contribution in [0.25, 0.3) is 5.69 Å². The van der Waals surface area contributed by atoms with E-state index in [4.69, 9.17) is 9.47 Å². The molecule has 0 amide bonds. The van der Waals surface area contributed by atoms with Crippen LogP contribution >= 0.6 is 0 Å². The maximum absolute atomic E-state index is 12.2. The van der Waals surface area contributed by atoms with E-state index in [1.165, 1.54) is 0 Å². The van der Waals surface area contributed by atoms with Crippen molar-refractivity contribution in [3.63, 3.8) is 0 Å². The number of para-hydroxylation sites is 1. The lowest BCUT2D eigenvalue weighted by molar-refractivity contribution is -0.156. The van der Waals surface area contributed by atoms with Crippen molar-refractivity contribution in [2.45, 2.75) is 19.8 Å². The molecule has 2 aromatic rings. The van der Waals surface area contributed by atoms with E-state index in [9.17, 15) is 9.59 Å². The summed E-state index contributed by atoms with van der Waals surface area (Å²) in [6, 6.07) is 8.82. The highest BCUT2D eigenvalue weighted by Gasteiger charge is 2.33. The third-order valence-electron chi connectivity index (χ3n) is 3.04. The van der Waals surface area contributed by atoms with E-state index in [0.717, 1.165) is 0 Å². The van der Waals surface area contributed by atoms with Crippen molar-refractivity contribution in [3.05, 3.63) is 48.3 Å². The Balaban J connectivity index is 2.48. The van der Waals surface area contributed by atoms with Gasteiger partial charge >= 0.3 is 11.9 Å². The number of ether oxygens (including phenoxy) is 2. The Morgan fingerprint density at radius 3 is 2.27 bits per heavy atom. The van der Waals surface area contributed by atoms with E-state index in [1.54, 1.807) is 55.2 Å². The summed E-state index contributed by atoms with van der Waals surface area (Å²) in [5.41, 5.74) is 1.14. The Morgan fingerprint density at radius 2 is 1.73 bits per heavy atom. The molecule has 116 valence electrons. The summed E-state index contributed by atoms with van der Waals surface area (Å²) in [6.07, 6.45) is 3.37. The maximum atomic E-state index is 12.2.